The van der Waals surface area contributed by atoms with Gasteiger partial charge in [-0.25, -0.2) is 0 Å². The molecule has 3 aromatic rings. The molecule has 0 spiro atoms. The molecule has 0 N–H and O–H groups in total. The number of hydrogen-bond donors (Lipinski definition) is 0. The van der Waals surface area contributed by atoms with Crippen LogP contribution in [0.4, 0.5) is 8.78 Å². The van der Waals surface area contributed by atoms with Crippen LogP contribution >= 0.6 is 0 Å². The predicted octanol–water partition coefficient (Wildman–Crippen LogP) is 4.54. The topological polar surface area (TPSA) is 60.6 Å². The van der Waals surface area contributed by atoms with Gasteiger partial charge < -0.3 is 14.0 Å². The number of aromatic nitrogens is 2. The van der Waals surface area contributed by atoms with E-state index in [0.29, 0.717) is 18.0 Å². The molecular weight excluding hydrogens is 368 g/mol. The molecule has 0 saturated carbocycles. The highest BCUT2D eigenvalue weighted by atomic mass is 19.3. The molecule has 0 aliphatic carbocycles. The molecule has 6 nitrogen and oxygen atoms in total. The first-order chi connectivity index (χ1) is 13.5. The van der Waals surface area contributed by atoms with E-state index < -0.39 is 6.61 Å². The van der Waals surface area contributed by atoms with Gasteiger partial charge in [0.25, 0.3) is 0 Å². The average molecular weight is 389 g/mol. The molecule has 0 fully saturated rings. The van der Waals surface area contributed by atoms with Crippen molar-refractivity contribution in [3.8, 4) is 22.9 Å². The van der Waals surface area contributed by atoms with E-state index >= 15 is 0 Å². The van der Waals surface area contributed by atoms with Crippen molar-refractivity contribution in [2.24, 2.45) is 0 Å². The lowest BCUT2D eigenvalue weighted by Crippen LogP contribution is -2.22. The molecule has 0 bridgehead atoms. The van der Waals surface area contributed by atoms with Gasteiger partial charge in [-0.1, -0.05) is 29.4 Å². The van der Waals surface area contributed by atoms with Gasteiger partial charge in [0.05, 0.1) is 19.2 Å². The van der Waals surface area contributed by atoms with Crippen molar-refractivity contribution >= 4 is 0 Å². The van der Waals surface area contributed by atoms with Gasteiger partial charge in [0.15, 0.2) is 0 Å². The second-order valence-electron chi connectivity index (χ2n) is 6.25. The van der Waals surface area contributed by atoms with Crippen molar-refractivity contribution in [2.45, 2.75) is 26.1 Å². The first kappa shape index (κ1) is 19.8. The molecular formula is C20H21F2N3O3. The normalized spacial score (nSPS) is 12.4. The largest absolute Gasteiger partial charge is 0.497 e. The fourth-order valence-electron chi connectivity index (χ4n) is 2.77. The van der Waals surface area contributed by atoms with Crippen LogP contribution in [-0.2, 0) is 6.54 Å². The number of nitrogens with zero attached hydrogens (tertiary/aromatic N) is 3. The minimum Gasteiger partial charge on any atom is -0.497 e. The number of para-hydroxylation sites is 1. The minimum absolute atomic E-state index is 0.00445. The molecule has 28 heavy (non-hydrogen) atoms. The molecule has 1 heterocycles. The number of halogens is 2. The summed E-state index contributed by atoms with van der Waals surface area (Å²) in [6.07, 6.45) is 0. The molecule has 1 aromatic heterocycles. The van der Waals surface area contributed by atoms with E-state index in [1.54, 1.807) is 25.3 Å². The number of benzene rings is 2. The van der Waals surface area contributed by atoms with E-state index in [4.69, 9.17) is 9.26 Å². The zero-order valence-corrected chi connectivity index (χ0v) is 15.8. The maximum absolute atomic E-state index is 12.6. The number of ether oxygens (including phenoxy) is 2. The van der Waals surface area contributed by atoms with Crippen LogP contribution in [0.15, 0.2) is 53.1 Å². The number of rotatable bonds is 8. The van der Waals surface area contributed by atoms with Crippen LogP contribution in [0.3, 0.4) is 0 Å². The summed E-state index contributed by atoms with van der Waals surface area (Å²) in [6.45, 7) is -0.466. The van der Waals surface area contributed by atoms with E-state index in [0.717, 1.165) is 11.3 Å². The molecule has 3 rings (SSSR count). The third-order valence-corrected chi connectivity index (χ3v) is 4.46. The van der Waals surface area contributed by atoms with Crippen LogP contribution in [0.2, 0.25) is 0 Å². The first-order valence-electron chi connectivity index (χ1n) is 8.69. The third kappa shape index (κ3) is 4.64. The lowest BCUT2D eigenvalue weighted by Gasteiger charge is -2.23. The van der Waals surface area contributed by atoms with Gasteiger partial charge in [-0.05, 0) is 43.8 Å². The van der Waals surface area contributed by atoms with Crippen LogP contribution in [-0.4, -0.2) is 35.8 Å². The van der Waals surface area contributed by atoms with Gasteiger partial charge in [0.1, 0.15) is 11.5 Å². The Hall–Kier alpha value is -3.00. The minimum atomic E-state index is -2.93. The summed E-state index contributed by atoms with van der Waals surface area (Å²) in [4.78, 5) is 6.37. The summed E-state index contributed by atoms with van der Waals surface area (Å²) >= 11 is 0. The molecule has 0 saturated heterocycles. The van der Waals surface area contributed by atoms with Crippen molar-refractivity contribution in [2.75, 3.05) is 14.2 Å². The van der Waals surface area contributed by atoms with Crippen molar-refractivity contribution in [3.05, 3.63) is 60.0 Å². The molecule has 1 atom stereocenters. The zero-order valence-electron chi connectivity index (χ0n) is 15.8. The molecule has 2 aromatic carbocycles. The van der Waals surface area contributed by atoms with Crippen LogP contribution in [0, 0.1) is 0 Å². The van der Waals surface area contributed by atoms with E-state index in [9.17, 15) is 8.78 Å². The van der Waals surface area contributed by atoms with Crippen LogP contribution in [0.25, 0.3) is 11.4 Å². The van der Waals surface area contributed by atoms with E-state index in [1.165, 1.54) is 6.07 Å². The smallest absolute Gasteiger partial charge is 0.387 e. The monoisotopic (exact) mass is 389 g/mol. The molecule has 8 heteroatoms. The van der Waals surface area contributed by atoms with Crippen molar-refractivity contribution in [1.82, 2.24) is 15.0 Å². The van der Waals surface area contributed by atoms with Gasteiger partial charge >= 0.3 is 6.61 Å². The third-order valence-electron chi connectivity index (χ3n) is 4.46. The van der Waals surface area contributed by atoms with Gasteiger partial charge in [-0.3, -0.25) is 4.90 Å². The lowest BCUT2D eigenvalue weighted by atomic mass is 10.1. The first-order valence-corrected chi connectivity index (χ1v) is 8.69. The zero-order chi connectivity index (χ0) is 20.1. The Balaban J connectivity index is 1.72. The number of hydrogen-bond acceptors (Lipinski definition) is 6. The maximum Gasteiger partial charge on any atom is 0.387 e. The fraction of sp³-hybridized carbons (Fsp3) is 0.300. The van der Waals surface area contributed by atoms with Crippen LogP contribution < -0.4 is 9.47 Å². The maximum atomic E-state index is 12.6. The van der Waals surface area contributed by atoms with Gasteiger partial charge in [-0.2, -0.15) is 13.8 Å². The number of methoxy groups -OCH3 is 1. The Bertz CT molecular complexity index is 900. The summed E-state index contributed by atoms with van der Waals surface area (Å²) in [7, 11) is 3.56. The highest BCUT2D eigenvalue weighted by molar-refractivity contribution is 5.63. The van der Waals surface area contributed by atoms with Gasteiger partial charge in [-0.15, -0.1) is 0 Å². The molecule has 0 aliphatic heterocycles. The van der Waals surface area contributed by atoms with Crippen LogP contribution in [0.1, 0.15) is 24.4 Å². The highest BCUT2D eigenvalue weighted by Crippen LogP contribution is 2.29. The molecule has 1 unspecified atom stereocenters. The Morgan fingerprint density at radius 3 is 2.50 bits per heavy atom. The summed E-state index contributed by atoms with van der Waals surface area (Å²) in [5.74, 6) is 1.39. The average Bonchev–Trinajstić information content (AvgIpc) is 3.15. The van der Waals surface area contributed by atoms with Crippen molar-refractivity contribution in [1.29, 1.82) is 0 Å². The summed E-state index contributed by atoms with van der Waals surface area (Å²) < 4.78 is 40.2. The standard InChI is InChI=1S/C20H21F2N3O3/c1-13(14-8-10-15(26-3)11-9-14)25(2)12-18-23-19(24-28-18)16-6-4-5-7-17(16)27-20(21)22/h4-11,13,20H,12H2,1-3H3. The highest BCUT2D eigenvalue weighted by Gasteiger charge is 2.19. The van der Waals surface area contributed by atoms with Gasteiger partial charge in [0, 0.05) is 6.04 Å². The Morgan fingerprint density at radius 2 is 1.82 bits per heavy atom. The van der Waals surface area contributed by atoms with E-state index in [-0.39, 0.29) is 17.6 Å². The SMILES string of the molecule is COc1ccc(C(C)N(C)Cc2nc(-c3ccccc3OC(F)F)no2)cc1. The molecule has 0 amide bonds. The summed E-state index contributed by atoms with van der Waals surface area (Å²) in [5, 5.41) is 3.91. The summed E-state index contributed by atoms with van der Waals surface area (Å²) in [6, 6.07) is 14.2. The molecule has 0 radical (unpaired) electrons. The quantitative estimate of drug-likeness (QED) is 0.564. The summed E-state index contributed by atoms with van der Waals surface area (Å²) in [5.41, 5.74) is 1.46. The van der Waals surface area contributed by atoms with E-state index in [1.807, 2.05) is 36.2 Å². The Kier molecular flexibility index (Phi) is 6.20. The van der Waals surface area contributed by atoms with E-state index in [2.05, 4.69) is 21.8 Å². The fourth-order valence-corrected chi connectivity index (χ4v) is 2.77. The van der Waals surface area contributed by atoms with Gasteiger partial charge in [0.2, 0.25) is 11.7 Å². The molecule has 0 aliphatic rings. The van der Waals surface area contributed by atoms with Crippen molar-refractivity contribution < 1.29 is 22.8 Å². The second-order valence-corrected chi connectivity index (χ2v) is 6.25. The van der Waals surface area contributed by atoms with Crippen LogP contribution in [0.5, 0.6) is 11.5 Å². The predicted molar refractivity (Wildman–Crippen MR) is 99.2 cm³/mol. The Labute approximate surface area is 161 Å². The number of alkyl halides is 2. The lowest BCUT2D eigenvalue weighted by molar-refractivity contribution is -0.0494. The molecule has 148 valence electrons. The second kappa shape index (κ2) is 8.79. The van der Waals surface area contributed by atoms with Crippen molar-refractivity contribution in [3.63, 3.8) is 0 Å². The Morgan fingerprint density at radius 1 is 1.11 bits per heavy atom.